The largest absolute Gasteiger partial charge is 0.390 e. The zero-order valence-electron chi connectivity index (χ0n) is 8.76. The van der Waals surface area contributed by atoms with Gasteiger partial charge in [0, 0.05) is 11.6 Å². The minimum atomic E-state index is -3.45. The van der Waals surface area contributed by atoms with Crippen LogP contribution in [0.15, 0.2) is 33.6 Å². The Hall–Kier alpha value is -0.430. The van der Waals surface area contributed by atoms with Gasteiger partial charge in [0.1, 0.15) is 0 Å². The molecule has 16 heavy (non-hydrogen) atoms. The predicted octanol–water partition coefficient (Wildman–Crippen LogP) is 1.23. The number of hydrogen-bond acceptors (Lipinski definition) is 4. The molecule has 0 saturated heterocycles. The van der Waals surface area contributed by atoms with E-state index in [1.54, 1.807) is 12.1 Å². The van der Waals surface area contributed by atoms with Gasteiger partial charge in [-0.3, -0.25) is 0 Å². The summed E-state index contributed by atoms with van der Waals surface area (Å²) in [7, 11) is -2.04. The Morgan fingerprint density at radius 2 is 1.94 bits per heavy atom. The standard InChI is InChI=1S/C10H13BrO4S/c1-15-6-9(12)7-16(13,14)10-4-2-8(11)3-5-10/h2-5,9,12H,6-7H2,1H3. The fourth-order valence-electron chi connectivity index (χ4n) is 1.23. The van der Waals surface area contributed by atoms with Crippen molar-refractivity contribution in [3.63, 3.8) is 0 Å². The fourth-order valence-corrected chi connectivity index (χ4v) is 2.84. The second-order valence-corrected chi connectivity index (χ2v) is 6.29. The van der Waals surface area contributed by atoms with Crippen molar-refractivity contribution in [1.29, 1.82) is 0 Å². The molecule has 0 aliphatic carbocycles. The van der Waals surface area contributed by atoms with Crippen LogP contribution in [0.4, 0.5) is 0 Å². The molecule has 1 aromatic rings. The molecule has 90 valence electrons. The number of benzene rings is 1. The highest BCUT2D eigenvalue weighted by molar-refractivity contribution is 9.10. The summed E-state index contributed by atoms with van der Waals surface area (Å²) in [5.74, 6) is -0.331. The van der Waals surface area contributed by atoms with E-state index in [0.29, 0.717) is 0 Å². The van der Waals surface area contributed by atoms with Crippen molar-refractivity contribution in [2.45, 2.75) is 11.0 Å². The highest BCUT2D eigenvalue weighted by Gasteiger charge is 2.19. The van der Waals surface area contributed by atoms with E-state index < -0.39 is 15.9 Å². The van der Waals surface area contributed by atoms with E-state index in [2.05, 4.69) is 20.7 Å². The van der Waals surface area contributed by atoms with Crippen LogP contribution in [-0.2, 0) is 14.6 Å². The minimum absolute atomic E-state index is 0.00968. The maximum atomic E-state index is 11.8. The van der Waals surface area contributed by atoms with Gasteiger partial charge in [-0.05, 0) is 24.3 Å². The first-order chi connectivity index (χ1) is 7.45. The van der Waals surface area contributed by atoms with Gasteiger partial charge < -0.3 is 9.84 Å². The summed E-state index contributed by atoms with van der Waals surface area (Å²) in [5, 5.41) is 9.39. The second kappa shape index (κ2) is 5.77. The summed E-state index contributed by atoms with van der Waals surface area (Å²) >= 11 is 3.22. The Bertz CT molecular complexity index is 427. The van der Waals surface area contributed by atoms with Crippen LogP contribution in [-0.4, -0.2) is 39.1 Å². The maximum Gasteiger partial charge on any atom is 0.181 e. The molecule has 0 heterocycles. The SMILES string of the molecule is COCC(O)CS(=O)(=O)c1ccc(Br)cc1. The van der Waals surface area contributed by atoms with Crippen LogP contribution in [0.3, 0.4) is 0 Å². The van der Waals surface area contributed by atoms with Crippen molar-refractivity contribution in [2.75, 3.05) is 19.5 Å². The number of aliphatic hydroxyl groups excluding tert-OH is 1. The Morgan fingerprint density at radius 1 is 1.38 bits per heavy atom. The van der Waals surface area contributed by atoms with Crippen LogP contribution in [0, 0.1) is 0 Å². The van der Waals surface area contributed by atoms with E-state index in [0.717, 1.165) is 4.47 Å². The molecule has 0 amide bonds. The lowest BCUT2D eigenvalue weighted by atomic mass is 10.4. The van der Waals surface area contributed by atoms with E-state index in [4.69, 9.17) is 0 Å². The van der Waals surface area contributed by atoms with Crippen molar-refractivity contribution in [2.24, 2.45) is 0 Å². The molecule has 0 spiro atoms. The van der Waals surface area contributed by atoms with Crippen molar-refractivity contribution < 1.29 is 18.3 Å². The molecular weight excluding hydrogens is 296 g/mol. The van der Waals surface area contributed by atoms with E-state index in [1.165, 1.54) is 19.2 Å². The van der Waals surface area contributed by atoms with Gasteiger partial charge in [0.05, 0.1) is 23.4 Å². The normalized spacial score (nSPS) is 13.7. The Kier molecular flexibility index (Phi) is 4.91. The van der Waals surface area contributed by atoms with Crippen LogP contribution in [0.1, 0.15) is 0 Å². The summed E-state index contributed by atoms with van der Waals surface area (Å²) in [5.41, 5.74) is 0. The smallest absolute Gasteiger partial charge is 0.181 e. The maximum absolute atomic E-state index is 11.8. The average Bonchev–Trinajstić information content (AvgIpc) is 2.17. The molecule has 0 saturated carbocycles. The first-order valence-corrected chi connectivity index (χ1v) is 7.05. The molecule has 1 rings (SSSR count). The van der Waals surface area contributed by atoms with Gasteiger partial charge >= 0.3 is 0 Å². The van der Waals surface area contributed by atoms with Gasteiger partial charge in [-0.1, -0.05) is 15.9 Å². The number of hydrogen-bond donors (Lipinski definition) is 1. The average molecular weight is 309 g/mol. The van der Waals surface area contributed by atoms with Crippen LogP contribution in [0.25, 0.3) is 0 Å². The molecule has 1 atom stereocenters. The summed E-state index contributed by atoms with van der Waals surface area (Å²) in [6, 6.07) is 6.29. The molecular formula is C10H13BrO4S. The highest BCUT2D eigenvalue weighted by atomic mass is 79.9. The molecule has 1 aromatic carbocycles. The molecule has 1 unspecified atom stereocenters. The van der Waals surface area contributed by atoms with E-state index in [1.807, 2.05) is 0 Å². The summed E-state index contributed by atoms with van der Waals surface area (Å²) in [4.78, 5) is 0.200. The van der Waals surface area contributed by atoms with Gasteiger partial charge in [0.2, 0.25) is 0 Å². The third-order valence-corrected chi connectivity index (χ3v) is 4.29. The zero-order chi connectivity index (χ0) is 12.2. The quantitative estimate of drug-likeness (QED) is 0.888. The third-order valence-electron chi connectivity index (χ3n) is 1.94. The summed E-state index contributed by atoms with van der Waals surface area (Å²) in [6.45, 7) is 0.00968. The molecule has 0 aliphatic heterocycles. The lowest BCUT2D eigenvalue weighted by molar-refractivity contribution is 0.0783. The molecule has 0 aliphatic rings. The Labute approximate surface area is 103 Å². The first kappa shape index (κ1) is 13.6. The van der Waals surface area contributed by atoms with Crippen LogP contribution in [0.5, 0.6) is 0 Å². The van der Waals surface area contributed by atoms with Crippen LogP contribution >= 0.6 is 15.9 Å². The van der Waals surface area contributed by atoms with Crippen LogP contribution in [0.2, 0.25) is 0 Å². The zero-order valence-corrected chi connectivity index (χ0v) is 11.2. The molecule has 4 nitrogen and oxygen atoms in total. The molecule has 0 fully saturated rings. The summed E-state index contributed by atoms with van der Waals surface area (Å²) in [6.07, 6.45) is -1.00. The van der Waals surface area contributed by atoms with Crippen molar-refractivity contribution in [1.82, 2.24) is 0 Å². The minimum Gasteiger partial charge on any atom is -0.390 e. The molecule has 6 heteroatoms. The second-order valence-electron chi connectivity index (χ2n) is 3.34. The number of sulfone groups is 1. The highest BCUT2D eigenvalue weighted by Crippen LogP contribution is 2.16. The van der Waals surface area contributed by atoms with E-state index >= 15 is 0 Å². The van der Waals surface area contributed by atoms with E-state index in [-0.39, 0.29) is 17.3 Å². The lowest BCUT2D eigenvalue weighted by Crippen LogP contribution is -2.25. The fraction of sp³-hybridized carbons (Fsp3) is 0.400. The first-order valence-electron chi connectivity index (χ1n) is 4.61. The van der Waals surface area contributed by atoms with Gasteiger partial charge in [0.15, 0.2) is 9.84 Å². The molecule has 0 aromatic heterocycles. The number of halogens is 1. The van der Waals surface area contributed by atoms with Crippen LogP contribution < -0.4 is 0 Å². The number of ether oxygens (including phenoxy) is 1. The number of aliphatic hydroxyl groups is 1. The van der Waals surface area contributed by atoms with Gasteiger partial charge in [-0.2, -0.15) is 0 Å². The summed E-state index contributed by atoms with van der Waals surface area (Å²) < 4.78 is 29.1. The number of rotatable bonds is 5. The van der Waals surface area contributed by atoms with Crippen molar-refractivity contribution in [3.05, 3.63) is 28.7 Å². The number of methoxy groups -OCH3 is 1. The Balaban J connectivity index is 2.82. The van der Waals surface area contributed by atoms with Crippen molar-refractivity contribution in [3.8, 4) is 0 Å². The molecule has 0 radical (unpaired) electrons. The molecule has 0 bridgehead atoms. The monoisotopic (exact) mass is 308 g/mol. The predicted molar refractivity (Wildman–Crippen MR) is 64.1 cm³/mol. The van der Waals surface area contributed by atoms with Gasteiger partial charge in [0.25, 0.3) is 0 Å². The lowest BCUT2D eigenvalue weighted by Gasteiger charge is -2.10. The molecule has 1 N–H and O–H groups in total. The van der Waals surface area contributed by atoms with E-state index in [9.17, 15) is 13.5 Å². The Morgan fingerprint density at radius 3 is 2.44 bits per heavy atom. The van der Waals surface area contributed by atoms with Gasteiger partial charge in [-0.25, -0.2) is 8.42 Å². The van der Waals surface area contributed by atoms with Gasteiger partial charge in [-0.15, -0.1) is 0 Å². The van der Waals surface area contributed by atoms with Crippen molar-refractivity contribution >= 4 is 25.8 Å². The third kappa shape index (κ3) is 3.86. The topological polar surface area (TPSA) is 63.6 Å².